The highest BCUT2D eigenvalue weighted by Crippen LogP contribution is 2.32. The molecule has 7 nitrogen and oxygen atoms in total. The van der Waals surface area contributed by atoms with Crippen molar-refractivity contribution in [3.05, 3.63) is 71.0 Å². The van der Waals surface area contributed by atoms with Crippen molar-refractivity contribution >= 4 is 17.0 Å². The maximum atomic E-state index is 12.7. The average Bonchev–Trinajstić information content (AvgIpc) is 3.19. The lowest BCUT2D eigenvalue weighted by atomic mass is 10.0. The molecule has 4 rings (SSSR count). The van der Waals surface area contributed by atoms with Gasteiger partial charge in [0, 0.05) is 17.3 Å². The van der Waals surface area contributed by atoms with E-state index in [4.69, 9.17) is 9.15 Å². The predicted molar refractivity (Wildman–Crippen MR) is 98.2 cm³/mol. The van der Waals surface area contributed by atoms with E-state index in [0.29, 0.717) is 29.3 Å². The molecule has 0 unspecified atom stereocenters. The van der Waals surface area contributed by atoms with E-state index in [0.717, 1.165) is 16.9 Å². The Balaban J connectivity index is 1.78. The van der Waals surface area contributed by atoms with Crippen LogP contribution in [0.3, 0.4) is 0 Å². The van der Waals surface area contributed by atoms with Crippen molar-refractivity contribution in [2.75, 3.05) is 12.4 Å². The first-order valence-corrected chi connectivity index (χ1v) is 8.05. The van der Waals surface area contributed by atoms with Gasteiger partial charge in [0.1, 0.15) is 11.5 Å². The van der Waals surface area contributed by atoms with E-state index in [1.165, 1.54) is 0 Å². The van der Waals surface area contributed by atoms with Gasteiger partial charge in [-0.3, -0.25) is 9.78 Å². The Morgan fingerprint density at radius 3 is 2.85 bits per heavy atom. The summed E-state index contributed by atoms with van der Waals surface area (Å²) in [4.78, 5) is 24.1. The van der Waals surface area contributed by atoms with Gasteiger partial charge in [0.25, 0.3) is 5.56 Å². The first kappa shape index (κ1) is 15.9. The van der Waals surface area contributed by atoms with Crippen molar-refractivity contribution in [2.45, 2.75) is 6.54 Å². The van der Waals surface area contributed by atoms with Gasteiger partial charge in [-0.1, -0.05) is 18.2 Å². The fourth-order valence-electron chi connectivity index (χ4n) is 2.82. The number of rotatable bonds is 5. The molecule has 2 N–H and O–H groups in total. The number of nitrogens with one attached hydrogen (secondary N) is 2. The Bertz CT molecular complexity index is 1100. The van der Waals surface area contributed by atoms with Gasteiger partial charge in [0.15, 0.2) is 5.65 Å². The third kappa shape index (κ3) is 2.90. The highest BCUT2D eigenvalue weighted by molar-refractivity contribution is 5.93. The fourth-order valence-corrected chi connectivity index (χ4v) is 2.82. The van der Waals surface area contributed by atoms with Gasteiger partial charge < -0.3 is 14.5 Å². The maximum absolute atomic E-state index is 12.7. The van der Waals surface area contributed by atoms with Crippen LogP contribution in [0, 0.1) is 0 Å². The number of furan rings is 1. The second-order valence-corrected chi connectivity index (χ2v) is 5.60. The number of para-hydroxylation sites is 1. The first-order chi connectivity index (χ1) is 12.8. The number of fused-ring (bicyclic) bond motifs is 1. The van der Waals surface area contributed by atoms with Crippen LogP contribution >= 0.6 is 0 Å². The molecular formula is C19H16N4O3. The standard InChI is InChI=1S/C19H16N4O3/c1-25-15-7-3-2-6-13(15)14-8-9-20-17-16(14)18(24)23-19(22-17)21-11-12-5-4-10-26-12/h2-10H,11H2,1H3,(H2,20,21,22,23,24). The highest BCUT2D eigenvalue weighted by Gasteiger charge is 2.14. The van der Waals surface area contributed by atoms with Crippen molar-refractivity contribution in [1.82, 2.24) is 15.0 Å². The SMILES string of the molecule is COc1ccccc1-c1ccnc2nc(NCc3ccco3)[nH]c(=O)c12. The van der Waals surface area contributed by atoms with Crippen LogP contribution in [0.1, 0.15) is 5.76 Å². The second kappa shape index (κ2) is 6.72. The molecule has 130 valence electrons. The number of benzene rings is 1. The van der Waals surface area contributed by atoms with E-state index in [2.05, 4.69) is 20.3 Å². The summed E-state index contributed by atoms with van der Waals surface area (Å²) in [6, 6.07) is 12.9. The van der Waals surface area contributed by atoms with Crippen LogP contribution in [0.2, 0.25) is 0 Å². The number of pyridine rings is 1. The molecular weight excluding hydrogens is 332 g/mol. The van der Waals surface area contributed by atoms with Crippen molar-refractivity contribution in [2.24, 2.45) is 0 Å². The van der Waals surface area contributed by atoms with E-state index in [1.54, 1.807) is 31.7 Å². The summed E-state index contributed by atoms with van der Waals surface area (Å²) in [7, 11) is 1.60. The summed E-state index contributed by atoms with van der Waals surface area (Å²) < 4.78 is 10.7. The van der Waals surface area contributed by atoms with Crippen molar-refractivity contribution in [3.8, 4) is 16.9 Å². The number of aromatic nitrogens is 3. The first-order valence-electron chi connectivity index (χ1n) is 8.05. The van der Waals surface area contributed by atoms with Crippen LogP contribution < -0.4 is 15.6 Å². The van der Waals surface area contributed by atoms with E-state index in [9.17, 15) is 4.79 Å². The molecule has 0 amide bonds. The monoisotopic (exact) mass is 348 g/mol. The van der Waals surface area contributed by atoms with Crippen LogP contribution in [-0.2, 0) is 6.54 Å². The quantitative estimate of drug-likeness (QED) is 0.575. The molecule has 3 heterocycles. The summed E-state index contributed by atoms with van der Waals surface area (Å²) in [6.07, 6.45) is 3.22. The van der Waals surface area contributed by atoms with Gasteiger partial charge in [-0.25, -0.2) is 4.98 Å². The molecule has 0 atom stereocenters. The molecule has 0 radical (unpaired) electrons. The van der Waals surface area contributed by atoms with Crippen LogP contribution in [0.25, 0.3) is 22.2 Å². The summed E-state index contributed by atoms with van der Waals surface area (Å²) in [5.41, 5.74) is 1.62. The third-order valence-corrected chi connectivity index (χ3v) is 4.01. The Kier molecular flexibility index (Phi) is 4.10. The van der Waals surface area contributed by atoms with Crippen LogP contribution in [0.15, 0.2) is 64.1 Å². The van der Waals surface area contributed by atoms with Gasteiger partial charge in [-0.05, 0) is 24.3 Å². The zero-order chi connectivity index (χ0) is 17.9. The van der Waals surface area contributed by atoms with E-state index in [1.807, 2.05) is 30.3 Å². The van der Waals surface area contributed by atoms with Gasteiger partial charge in [0.2, 0.25) is 5.95 Å². The van der Waals surface area contributed by atoms with Gasteiger partial charge in [-0.15, -0.1) is 0 Å². The van der Waals surface area contributed by atoms with Crippen molar-refractivity contribution in [3.63, 3.8) is 0 Å². The molecule has 3 aromatic heterocycles. The molecule has 26 heavy (non-hydrogen) atoms. The number of hydrogen-bond acceptors (Lipinski definition) is 6. The van der Waals surface area contributed by atoms with Crippen LogP contribution in [0.4, 0.5) is 5.95 Å². The topological polar surface area (TPSA) is 93.0 Å². The van der Waals surface area contributed by atoms with E-state index in [-0.39, 0.29) is 5.56 Å². The average molecular weight is 348 g/mol. The zero-order valence-corrected chi connectivity index (χ0v) is 14.0. The predicted octanol–water partition coefficient (Wildman–Crippen LogP) is 3.20. The minimum Gasteiger partial charge on any atom is -0.496 e. The lowest BCUT2D eigenvalue weighted by molar-refractivity contribution is 0.416. The summed E-state index contributed by atoms with van der Waals surface area (Å²) in [5, 5.41) is 3.45. The van der Waals surface area contributed by atoms with Crippen LogP contribution in [-0.4, -0.2) is 22.1 Å². The normalized spacial score (nSPS) is 10.8. The van der Waals surface area contributed by atoms with E-state index >= 15 is 0 Å². The molecule has 0 aliphatic carbocycles. The van der Waals surface area contributed by atoms with Crippen LogP contribution in [0.5, 0.6) is 5.75 Å². The molecule has 0 spiro atoms. The number of nitrogens with zero attached hydrogens (tertiary/aromatic N) is 2. The Hall–Kier alpha value is -3.61. The molecule has 4 aromatic rings. The minimum atomic E-state index is -0.272. The van der Waals surface area contributed by atoms with Gasteiger partial charge in [0.05, 0.1) is 25.3 Å². The smallest absolute Gasteiger partial charge is 0.262 e. The van der Waals surface area contributed by atoms with E-state index < -0.39 is 0 Å². The lowest BCUT2D eigenvalue weighted by Gasteiger charge is -2.11. The van der Waals surface area contributed by atoms with Crippen molar-refractivity contribution < 1.29 is 9.15 Å². The molecule has 0 saturated carbocycles. The number of ether oxygens (including phenoxy) is 1. The number of H-pyrrole nitrogens is 1. The van der Waals surface area contributed by atoms with Gasteiger partial charge in [-0.2, -0.15) is 4.98 Å². The molecule has 0 saturated heterocycles. The highest BCUT2D eigenvalue weighted by atomic mass is 16.5. The Morgan fingerprint density at radius 2 is 2.04 bits per heavy atom. The largest absolute Gasteiger partial charge is 0.496 e. The van der Waals surface area contributed by atoms with Gasteiger partial charge >= 0.3 is 0 Å². The molecule has 1 aromatic carbocycles. The zero-order valence-electron chi connectivity index (χ0n) is 14.0. The second-order valence-electron chi connectivity index (χ2n) is 5.60. The molecule has 7 heteroatoms. The molecule has 0 aliphatic heterocycles. The fraction of sp³-hybridized carbons (Fsp3) is 0.105. The Labute approximate surface area is 148 Å². The number of anilines is 1. The van der Waals surface area contributed by atoms with Crippen molar-refractivity contribution in [1.29, 1.82) is 0 Å². The molecule has 0 bridgehead atoms. The third-order valence-electron chi connectivity index (χ3n) is 4.01. The number of hydrogen-bond donors (Lipinski definition) is 2. The summed E-state index contributed by atoms with van der Waals surface area (Å²) >= 11 is 0. The molecule has 0 aliphatic rings. The maximum Gasteiger partial charge on any atom is 0.262 e. The summed E-state index contributed by atoms with van der Waals surface area (Å²) in [5.74, 6) is 1.76. The Morgan fingerprint density at radius 1 is 1.15 bits per heavy atom. The summed E-state index contributed by atoms with van der Waals surface area (Å²) in [6.45, 7) is 0.410. The number of methoxy groups -OCH3 is 1. The minimum absolute atomic E-state index is 0.272. The lowest BCUT2D eigenvalue weighted by Crippen LogP contribution is -2.14. The number of aromatic amines is 1. The molecule has 0 fully saturated rings.